The normalized spacial score (nSPS) is 25.0. The number of hydrazine groups is 1. The molecule has 0 aromatic heterocycles. The molecule has 0 radical (unpaired) electrons. The van der Waals surface area contributed by atoms with E-state index in [1.807, 2.05) is 11.1 Å². The van der Waals surface area contributed by atoms with E-state index in [-0.39, 0.29) is 0 Å². The molecule has 0 amide bonds. The number of nitrogens with one attached hydrogen (secondary N) is 1. The van der Waals surface area contributed by atoms with Crippen LogP contribution in [-0.2, 0) is 4.74 Å². The predicted octanol–water partition coefficient (Wildman–Crippen LogP) is -0.322. The van der Waals surface area contributed by atoms with Gasteiger partial charge in [0.05, 0.1) is 6.54 Å². The van der Waals surface area contributed by atoms with Crippen molar-refractivity contribution in [2.24, 2.45) is 0 Å². The molecule has 0 bridgehead atoms. The summed E-state index contributed by atoms with van der Waals surface area (Å²) in [5.41, 5.74) is 3.13. The van der Waals surface area contributed by atoms with E-state index in [0.29, 0.717) is 0 Å². The fourth-order valence-electron chi connectivity index (χ4n) is 0.999. The minimum absolute atomic E-state index is 0.832. The average Bonchev–Trinajstić information content (AvgIpc) is 2.15. The molecule has 1 saturated heterocycles. The third-order valence-electron chi connectivity index (χ3n) is 1.39. The van der Waals surface area contributed by atoms with Crippen molar-refractivity contribution in [1.29, 1.82) is 0 Å². The van der Waals surface area contributed by atoms with Crippen molar-refractivity contribution in [3.8, 4) is 0 Å². The van der Waals surface area contributed by atoms with Crippen LogP contribution in [0.4, 0.5) is 0 Å². The van der Waals surface area contributed by atoms with E-state index < -0.39 is 0 Å². The number of hydrogen-bond acceptors (Lipinski definition) is 3. The van der Waals surface area contributed by atoms with Crippen molar-refractivity contribution >= 4 is 0 Å². The first kappa shape index (κ1) is 4.21. The monoisotopic (exact) mass is 112 g/mol. The van der Waals surface area contributed by atoms with Crippen LogP contribution in [0.15, 0.2) is 12.0 Å². The summed E-state index contributed by atoms with van der Waals surface area (Å²) in [6, 6.07) is 0. The third kappa shape index (κ3) is 0.419. The highest BCUT2D eigenvalue weighted by Gasteiger charge is 2.20. The minimum Gasteiger partial charge on any atom is -0.476 e. The summed E-state index contributed by atoms with van der Waals surface area (Å²) in [7, 11) is 0. The van der Waals surface area contributed by atoms with Gasteiger partial charge in [0.2, 0.25) is 5.88 Å². The first-order valence-corrected chi connectivity index (χ1v) is 2.81. The SMILES string of the molecule is C1=C2OCCN2NC1. The minimum atomic E-state index is 0.832. The summed E-state index contributed by atoms with van der Waals surface area (Å²) < 4.78 is 5.20. The van der Waals surface area contributed by atoms with Crippen molar-refractivity contribution in [1.82, 2.24) is 10.4 Å². The van der Waals surface area contributed by atoms with Gasteiger partial charge in [-0.3, -0.25) is 5.01 Å². The Morgan fingerprint density at radius 3 is 3.62 bits per heavy atom. The zero-order valence-electron chi connectivity index (χ0n) is 4.55. The van der Waals surface area contributed by atoms with Crippen LogP contribution >= 0.6 is 0 Å². The lowest BCUT2D eigenvalue weighted by molar-refractivity contribution is 0.226. The van der Waals surface area contributed by atoms with E-state index in [0.717, 1.165) is 25.6 Å². The van der Waals surface area contributed by atoms with Gasteiger partial charge >= 0.3 is 0 Å². The molecule has 2 aliphatic heterocycles. The van der Waals surface area contributed by atoms with Gasteiger partial charge in [0.25, 0.3) is 0 Å². The second-order valence-electron chi connectivity index (χ2n) is 1.90. The zero-order chi connectivity index (χ0) is 5.40. The molecule has 44 valence electrons. The van der Waals surface area contributed by atoms with Gasteiger partial charge in [0, 0.05) is 6.54 Å². The number of fused-ring (bicyclic) bond motifs is 1. The van der Waals surface area contributed by atoms with Gasteiger partial charge in [-0.1, -0.05) is 0 Å². The molecular formula is C5H8N2O. The van der Waals surface area contributed by atoms with Gasteiger partial charge in [-0.2, -0.15) is 0 Å². The summed E-state index contributed by atoms with van der Waals surface area (Å²) in [6.45, 7) is 2.75. The molecule has 0 saturated carbocycles. The summed E-state index contributed by atoms with van der Waals surface area (Å²) in [5, 5.41) is 2.03. The molecule has 0 aliphatic carbocycles. The maximum atomic E-state index is 5.20. The fraction of sp³-hybridized carbons (Fsp3) is 0.600. The van der Waals surface area contributed by atoms with E-state index >= 15 is 0 Å². The Bertz CT molecular complexity index is 132. The smallest absolute Gasteiger partial charge is 0.201 e. The van der Waals surface area contributed by atoms with Crippen LogP contribution in [0, 0.1) is 0 Å². The van der Waals surface area contributed by atoms with Gasteiger partial charge in [-0.25, -0.2) is 5.43 Å². The van der Waals surface area contributed by atoms with Crippen LogP contribution < -0.4 is 5.43 Å². The summed E-state index contributed by atoms with van der Waals surface area (Å²) >= 11 is 0. The molecule has 0 spiro atoms. The number of nitrogens with zero attached hydrogens (tertiary/aromatic N) is 1. The Hall–Kier alpha value is -0.700. The molecule has 0 aromatic rings. The molecule has 8 heavy (non-hydrogen) atoms. The van der Waals surface area contributed by atoms with Crippen LogP contribution in [0.2, 0.25) is 0 Å². The lowest BCUT2D eigenvalue weighted by atomic mass is 10.6. The highest BCUT2D eigenvalue weighted by atomic mass is 16.5. The van der Waals surface area contributed by atoms with E-state index in [4.69, 9.17) is 4.74 Å². The van der Waals surface area contributed by atoms with Crippen LogP contribution in [0.5, 0.6) is 0 Å². The van der Waals surface area contributed by atoms with E-state index in [2.05, 4.69) is 5.43 Å². The highest BCUT2D eigenvalue weighted by Crippen LogP contribution is 2.13. The maximum Gasteiger partial charge on any atom is 0.201 e. The molecular weight excluding hydrogens is 104 g/mol. The van der Waals surface area contributed by atoms with Crippen LogP contribution in [-0.4, -0.2) is 24.7 Å². The molecule has 2 rings (SSSR count). The lowest BCUT2D eigenvalue weighted by Crippen LogP contribution is -2.28. The molecule has 1 fully saturated rings. The summed E-state index contributed by atoms with van der Waals surface area (Å²) in [4.78, 5) is 0. The lowest BCUT2D eigenvalue weighted by Gasteiger charge is -2.08. The topological polar surface area (TPSA) is 24.5 Å². The quantitative estimate of drug-likeness (QED) is 0.464. The van der Waals surface area contributed by atoms with Crippen LogP contribution in [0.25, 0.3) is 0 Å². The van der Waals surface area contributed by atoms with Gasteiger partial charge in [-0.05, 0) is 6.08 Å². The molecule has 1 N–H and O–H groups in total. The average molecular weight is 112 g/mol. The molecule has 0 unspecified atom stereocenters. The Morgan fingerprint density at radius 1 is 1.75 bits per heavy atom. The Labute approximate surface area is 47.9 Å². The first-order valence-electron chi connectivity index (χ1n) is 2.81. The molecule has 0 atom stereocenters. The fourth-order valence-corrected chi connectivity index (χ4v) is 0.999. The summed E-state index contributed by atoms with van der Waals surface area (Å²) in [6.07, 6.45) is 2.05. The van der Waals surface area contributed by atoms with Gasteiger partial charge in [0.1, 0.15) is 6.61 Å². The van der Waals surface area contributed by atoms with Crippen LogP contribution in [0.3, 0.4) is 0 Å². The first-order chi connectivity index (χ1) is 3.97. The molecule has 2 aliphatic rings. The Kier molecular flexibility index (Phi) is 0.729. The largest absolute Gasteiger partial charge is 0.476 e. The molecule has 2 heterocycles. The van der Waals surface area contributed by atoms with Gasteiger partial charge in [0.15, 0.2) is 0 Å². The zero-order valence-corrected chi connectivity index (χ0v) is 4.55. The second-order valence-corrected chi connectivity index (χ2v) is 1.90. The van der Waals surface area contributed by atoms with E-state index in [1.165, 1.54) is 0 Å². The number of rotatable bonds is 0. The second kappa shape index (κ2) is 1.39. The maximum absolute atomic E-state index is 5.20. The number of hydrogen-bond donors (Lipinski definition) is 1. The van der Waals surface area contributed by atoms with E-state index in [9.17, 15) is 0 Å². The number of ether oxygens (including phenoxy) is 1. The van der Waals surface area contributed by atoms with Gasteiger partial charge < -0.3 is 4.74 Å². The van der Waals surface area contributed by atoms with Crippen molar-refractivity contribution in [3.63, 3.8) is 0 Å². The summed E-state index contributed by atoms with van der Waals surface area (Å²) in [5.74, 6) is 1.00. The molecule has 0 aromatic carbocycles. The van der Waals surface area contributed by atoms with Crippen molar-refractivity contribution in [2.75, 3.05) is 19.7 Å². The molecule has 3 nitrogen and oxygen atoms in total. The van der Waals surface area contributed by atoms with Crippen molar-refractivity contribution in [2.45, 2.75) is 0 Å². The third-order valence-corrected chi connectivity index (χ3v) is 1.39. The van der Waals surface area contributed by atoms with Gasteiger partial charge in [-0.15, -0.1) is 0 Å². The Morgan fingerprint density at radius 2 is 2.75 bits per heavy atom. The van der Waals surface area contributed by atoms with E-state index in [1.54, 1.807) is 0 Å². The van der Waals surface area contributed by atoms with Crippen molar-refractivity contribution < 1.29 is 4.74 Å². The van der Waals surface area contributed by atoms with Crippen molar-refractivity contribution in [3.05, 3.63) is 12.0 Å². The Balaban J connectivity index is 2.20. The predicted molar refractivity (Wildman–Crippen MR) is 28.7 cm³/mol. The van der Waals surface area contributed by atoms with Crippen LogP contribution in [0.1, 0.15) is 0 Å². The standard InChI is InChI=1S/C5H8N2O/c1-2-6-7-3-4-8-5(1)7/h1,6H,2-4H2. The highest BCUT2D eigenvalue weighted by molar-refractivity contribution is 5.01. The molecule has 3 heteroatoms.